The molecule has 3 heterocycles. The molecule has 0 aliphatic heterocycles. The van der Waals surface area contributed by atoms with Gasteiger partial charge in [-0.3, -0.25) is 4.79 Å². The Balaban J connectivity index is 1.73. The number of nitrogens with one attached hydrogen (secondary N) is 2. The first kappa shape index (κ1) is 15.5. The number of halogens is 1. The molecule has 1 aromatic carbocycles. The zero-order valence-electron chi connectivity index (χ0n) is 12.9. The van der Waals surface area contributed by atoms with Crippen LogP contribution in [0.25, 0.3) is 22.1 Å². The van der Waals surface area contributed by atoms with Gasteiger partial charge in [-0.2, -0.15) is 4.98 Å². The number of methoxy groups -OCH3 is 1. The summed E-state index contributed by atoms with van der Waals surface area (Å²) in [5, 5.41) is 2.48. The first-order chi connectivity index (χ1) is 12.1. The van der Waals surface area contributed by atoms with Crippen LogP contribution in [-0.2, 0) is 0 Å². The number of H-pyrrole nitrogens is 2. The van der Waals surface area contributed by atoms with Crippen LogP contribution in [0.5, 0.6) is 5.88 Å². The molecule has 7 nitrogen and oxygen atoms in total. The van der Waals surface area contributed by atoms with E-state index in [0.29, 0.717) is 28.0 Å². The first-order valence-electron chi connectivity index (χ1n) is 7.27. The normalized spacial score (nSPS) is 11.9. The minimum atomic E-state index is -0.532. The van der Waals surface area contributed by atoms with E-state index in [4.69, 9.17) is 4.74 Å². The minimum absolute atomic E-state index is 0.0451. The van der Waals surface area contributed by atoms with Gasteiger partial charge in [0.1, 0.15) is 17.2 Å². The second-order valence-electron chi connectivity index (χ2n) is 5.13. The van der Waals surface area contributed by atoms with Crippen LogP contribution < -0.4 is 10.3 Å². The van der Waals surface area contributed by atoms with E-state index in [1.807, 2.05) is 6.07 Å². The molecular formula is C16H12FN5O2S. The van der Waals surface area contributed by atoms with Crippen molar-refractivity contribution in [3.05, 3.63) is 52.3 Å². The summed E-state index contributed by atoms with van der Waals surface area (Å²) >= 11 is 0.654. The molecular weight excluding hydrogens is 345 g/mol. The van der Waals surface area contributed by atoms with Gasteiger partial charge in [0.05, 0.1) is 18.0 Å². The number of rotatable bonds is 3. The minimum Gasteiger partial charge on any atom is -0.481 e. The number of benzene rings is 1. The highest BCUT2D eigenvalue weighted by Crippen LogP contribution is 2.17. The zero-order valence-corrected chi connectivity index (χ0v) is 13.8. The lowest BCUT2D eigenvalue weighted by atomic mass is 10.2. The van der Waals surface area contributed by atoms with Gasteiger partial charge in [-0.15, -0.1) is 11.4 Å². The number of aromatic amines is 2. The van der Waals surface area contributed by atoms with E-state index >= 15 is 0 Å². The number of hydrogen-bond donors (Lipinski definition) is 3. The van der Waals surface area contributed by atoms with Crippen LogP contribution in [0.3, 0.4) is 0 Å². The molecule has 2 N–H and O–H groups in total. The van der Waals surface area contributed by atoms with Crippen molar-refractivity contribution in [2.45, 2.75) is 5.16 Å². The van der Waals surface area contributed by atoms with Crippen LogP contribution in [0.15, 0.2) is 40.3 Å². The summed E-state index contributed by atoms with van der Waals surface area (Å²) in [6.45, 7) is 0. The van der Waals surface area contributed by atoms with Crippen molar-refractivity contribution in [1.29, 1.82) is 0 Å². The van der Waals surface area contributed by atoms with E-state index in [1.165, 1.54) is 25.3 Å². The molecule has 0 atom stereocenters. The topological polar surface area (TPSA) is 96.5 Å². The standard InChI is InChI=1S/C16H12FN5O2S/c1-24-12-6-5-10-14(21-12)22-16(18-10)25-7-11-19-13-8(15(23)20-11)3-2-4-9(13)17/h2-7,25H,1H3,(H,18,21,22)(H,19,20,23). The summed E-state index contributed by atoms with van der Waals surface area (Å²) in [6.07, 6.45) is 0. The average molecular weight is 357 g/mol. The third-order valence-electron chi connectivity index (χ3n) is 3.53. The Morgan fingerprint density at radius 1 is 1.16 bits per heavy atom. The fourth-order valence-electron chi connectivity index (χ4n) is 2.37. The summed E-state index contributed by atoms with van der Waals surface area (Å²) in [5.74, 6) is 0.215. The van der Waals surface area contributed by atoms with Crippen LogP contribution in [0.4, 0.5) is 4.39 Å². The van der Waals surface area contributed by atoms with E-state index in [2.05, 4.69) is 24.9 Å². The Labute approximate surface area is 143 Å². The lowest BCUT2D eigenvalue weighted by molar-refractivity contribution is 0.399. The molecule has 9 heteroatoms. The number of para-hydroxylation sites is 1. The van der Waals surface area contributed by atoms with E-state index in [9.17, 15) is 9.18 Å². The zero-order chi connectivity index (χ0) is 17.4. The van der Waals surface area contributed by atoms with Crippen molar-refractivity contribution < 1.29 is 9.13 Å². The highest BCUT2D eigenvalue weighted by Gasteiger charge is 2.07. The van der Waals surface area contributed by atoms with Gasteiger partial charge in [0, 0.05) is 11.4 Å². The second-order valence-corrected chi connectivity index (χ2v) is 6.07. The lowest BCUT2D eigenvalue weighted by Gasteiger charge is -1.99. The van der Waals surface area contributed by atoms with E-state index < -0.39 is 5.82 Å². The molecule has 0 saturated carbocycles. The van der Waals surface area contributed by atoms with Gasteiger partial charge in [0.25, 0.3) is 5.56 Å². The predicted molar refractivity (Wildman–Crippen MR) is 95.2 cm³/mol. The smallest absolute Gasteiger partial charge is 0.259 e. The van der Waals surface area contributed by atoms with Crippen LogP contribution in [0.2, 0.25) is 0 Å². The molecule has 4 aromatic rings. The van der Waals surface area contributed by atoms with Crippen molar-refractivity contribution in [3.63, 3.8) is 0 Å². The van der Waals surface area contributed by atoms with Crippen molar-refractivity contribution >= 4 is 38.8 Å². The fraction of sp³-hybridized carbons (Fsp3) is 0.0625. The van der Waals surface area contributed by atoms with Gasteiger partial charge < -0.3 is 14.7 Å². The third kappa shape index (κ3) is 2.89. The van der Waals surface area contributed by atoms with Gasteiger partial charge in [0.15, 0.2) is 10.8 Å². The Kier molecular flexibility index (Phi) is 3.77. The van der Waals surface area contributed by atoms with Crippen LogP contribution in [-0.4, -0.2) is 37.4 Å². The van der Waals surface area contributed by atoms with Crippen molar-refractivity contribution in [3.8, 4) is 5.88 Å². The monoisotopic (exact) mass is 357 g/mol. The molecule has 0 amide bonds. The molecule has 126 valence electrons. The van der Waals surface area contributed by atoms with Crippen LogP contribution in [0, 0.1) is 5.82 Å². The van der Waals surface area contributed by atoms with Gasteiger partial charge in [-0.1, -0.05) is 6.07 Å². The molecule has 4 rings (SSSR count). The Morgan fingerprint density at radius 2 is 2.04 bits per heavy atom. The summed E-state index contributed by atoms with van der Waals surface area (Å²) in [5.41, 5.74) is 0.953. The number of hydrogen-bond acceptors (Lipinski definition) is 5. The molecule has 0 fully saturated rings. The largest absolute Gasteiger partial charge is 0.481 e. The summed E-state index contributed by atoms with van der Waals surface area (Å²) < 4.78 is 18.9. The summed E-state index contributed by atoms with van der Waals surface area (Å²) in [4.78, 5) is 30.5. The highest BCUT2D eigenvalue weighted by molar-refractivity contribution is 7.97. The molecule has 0 radical (unpaired) electrons. The highest BCUT2D eigenvalue weighted by atomic mass is 32.1. The van der Waals surface area contributed by atoms with E-state index in [-0.39, 0.29) is 22.3 Å². The molecule has 0 unspecified atom stereocenters. The second kappa shape index (κ2) is 6.10. The molecule has 25 heavy (non-hydrogen) atoms. The van der Waals surface area contributed by atoms with Gasteiger partial charge in [-0.05, 0) is 18.2 Å². The molecule has 0 saturated heterocycles. The fourth-order valence-corrected chi connectivity index (χ4v) is 3.07. The number of nitrogens with zero attached hydrogens (tertiary/aromatic N) is 3. The summed E-state index contributed by atoms with van der Waals surface area (Å²) in [6, 6.07) is 7.83. The number of imidazole rings is 1. The molecule has 0 aliphatic rings. The number of aromatic nitrogens is 5. The molecule has 3 aromatic heterocycles. The summed E-state index contributed by atoms with van der Waals surface area (Å²) in [7, 11) is 1.54. The van der Waals surface area contributed by atoms with Gasteiger partial charge >= 0.3 is 0 Å². The maximum Gasteiger partial charge on any atom is 0.259 e. The maximum atomic E-state index is 13.9. The average Bonchev–Trinajstić information content (AvgIpc) is 3.03. The quantitative estimate of drug-likeness (QED) is 0.385. The Bertz CT molecular complexity index is 1180. The molecule has 0 spiro atoms. The molecule has 0 aliphatic carbocycles. The van der Waals surface area contributed by atoms with Crippen LogP contribution >= 0.6 is 11.4 Å². The van der Waals surface area contributed by atoms with Crippen molar-refractivity contribution in [1.82, 2.24) is 24.9 Å². The van der Waals surface area contributed by atoms with Gasteiger partial charge in [-0.25, -0.2) is 14.4 Å². The SMILES string of the molecule is COc1ccc2[nH]c([SH]=Cc3nc4c(F)cccc4c(=O)[nH]3)nc2n1. The Hall–Kier alpha value is -3.07. The van der Waals surface area contributed by atoms with E-state index in [1.54, 1.807) is 11.4 Å². The maximum absolute atomic E-state index is 13.9. The first-order valence-corrected chi connectivity index (χ1v) is 8.24. The Morgan fingerprint density at radius 3 is 2.88 bits per heavy atom. The predicted octanol–water partition coefficient (Wildman–Crippen LogP) is 2.02. The lowest BCUT2D eigenvalue weighted by Crippen LogP contribution is -2.12. The van der Waals surface area contributed by atoms with Crippen LogP contribution in [0.1, 0.15) is 5.82 Å². The number of thiol groups is 1. The van der Waals surface area contributed by atoms with Crippen molar-refractivity contribution in [2.24, 2.45) is 0 Å². The number of fused-ring (bicyclic) bond motifs is 2. The van der Waals surface area contributed by atoms with Gasteiger partial charge in [0.2, 0.25) is 5.88 Å². The number of pyridine rings is 1. The third-order valence-corrected chi connectivity index (χ3v) is 4.36. The van der Waals surface area contributed by atoms with Crippen molar-refractivity contribution in [2.75, 3.05) is 7.11 Å². The van der Waals surface area contributed by atoms with E-state index in [0.717, 1.165) is 5.52 Å². The molecule has 0 bridgehead atoms. The number of ether oxygens (including phenoxy) is 1.